The molecular formula is C20H15ClF2N4OS2. The first-order chi connectivity index (χ1) is 14.3. The Morgan fingerprint density at radius 3 is 2.60 bits per heavy atom. The third kappa shape index (κ3) is 5.82. The molecule has 0 aliphatic rings. The van der Waals surface area contributed by atoms with Gasteiger partial charge in [-0.1, -0.05) is 23.7 Å². The third-order valence-electron chi connectivity index (χ3n) is 3.84. The predicted molar refractivity (Wildman–Crippen MR) is 122 cm³/mol. The number of hydrazone groups is 1. The molecular weight excluding hydrogens is 450 g/mol. The van der Waals surface area contributed by atoms with E-state index in [-0.39, 0.29) is 16.7 Å². The molecule has 154 valence electrons. The lowest BCUT2D eigenvalue weighted by atomic mass is 10.1. The average molecular weight is 465 g/mol. The van der Waals surface area contributed by atoms with Crippen LogP contribution in [-0.4, -0.2) is 16.7 Å². The Hall–Kier alpha value is -2.88. The zero-order chi connectivity index (χ0) is 21.7. The van der Waals surface area contributed by atoms with Gasteiger partial charge in [0, 0.05) is 11.8 Å². The first kappa shape index (κ1) is 21.8. The molecule has 3 aromatic rings. The van der Waals surface area contributed by atoms with Crippen molar-refractivity contribution in [2.45, 2.75) is 6.92 Å². The minimum atomic E-state index is -0.768. The fraction of sp³-hybridized carbons (Fsp3) is 0.0500. The number of rotatable bonds is 5. The number of benzene rings is 2. The second-order valence-electron chi connectivity index (χ2n) is 6.03. The van der Waals surface area contributed by atoms with Crippen LogP contribution in [-0.2, 0) is 0 Å². The van der Waals surface area contributed by atoms with E-state index in [4.69, 9.17) is 23.8 Å². The van der Waals surface area contributed by atoms with Gasteiger partial charge in [0.15, 0.2) is 5.11 Å². The summed E-state index contributed by atoms with van der Waals surface area (Å²) in [4.78, 5) is 12.8. The third-order valence-corrected chi connectivity index (χ3v) is 5.26. The molecule has 0 fully saturated rings. The van der Waals surface area contributed by atoms with E-state index >= 15 is 0 Å². The quantitative estimate of drug-likeness (QED) is 0.259. The van der Waals surface area contributed by atoms with Gasteiger partial charge in [0.2, 0.25) is 0 Å². The second-order valence-corrected chi connectivity index (χ2v) is 8.15. The summed E-state index contributed by atoms with van der Waals surface area (Å²) in [5.41, 5.74) is 4.54. The Bertz CT molecular complexity index is 1130. The molecule has 0 atom stereocenters. The van der Waals surface area contributed by atoms with Gasteiger partial charge >= 0.3 is 0 Å². The number of nitrogens with zero attached hydrogens (tertiary/aromatic N) is 1. The van der Waals surface area contributed by atoms with Gasteiger partial charge in [-0.3, -0.25) is 10.2 Å². The van der Waals surface area contributed by atoms with Gasteiger partial charge in [-0.15, -0.1) is 11.3 Å². The van der Waals surface area contributed by atoms with Crippen molar-refractivity contribution < 1.29 is 13.6 Å². The molecule has 0 bridgehead atoms. The lowest BCUT2D eigenvalue weighted by Crippen LogP contribution is -2.25. The van der Waals surface area contributed by atoms with E-state index in [1.54, 1.807) is 37.3 Å². The van der Waals surface area contributed by atoms with E-state index < -0.39 is 11.6 Å². The lowest BCUT2D eigenvalue weighted by Gasteiger charge is -2.10. The van der Waals surface area contributed by atoms with Crippen LogP contribution in [0.2, 0.25) is 4.34 Å². The van der Waals surface area contributed by atoms with Gasteiger partial charge in [-0.05, 0) is 61.1 Å². The summed E-state index contributed by atoms with van der Waals surface area (Å²) in [6.45, 7) is 1.74. The molecule has 0 unspecified atom stereocenters. The van der Waals surface area contributed by atoms with Gasteiger partial charge in [0.1, 0.15) is 11.6 Å². The van der Waals surface area contributed by atoms with Crippen molar-refractivity contribution in [1.82, 2.24) is 5.43 Å². The second kappa shape index (κ2) is 9.75. The smallest absolute Gasteiger partial charge is 0.265 e. The van der Waals surface area contributed by atoms with Crippen molar-refractivity contribution in [1.29, 1.82) is 0 Å². The molecule has 30 heavy (non-hydrogen) atoms. The van der Waals surface area contributed by atoms with Crippen molar-refractivity contribution in [3.63, 3.8) is 0 Å². The van der Waals surface area contributed by atoms with Crippen LogP contribution in [0.4, 0.5) is 20.2 Å². The van der Waals surface area contributed by atoms with Crippen molar-refractivity contribution in [3.8, 4) is 0 Å². The SMILES string of the molecule is C/C(=N\NC(=S)Nc1ccc(F)cc1F)c1cccc(NC(=O)c2ccc(Cl)s2)c1. The van der Waals surface area contributed by atoms with Gasteiger partial charge in [-0.25, -0.2) is 8.78 Å². The number of hydrogen-bond acceptors (Lipinski definition) is 4. The first-order valence-electron chi connectivity index (χ1n) is 8.55. The lowest BCUT2D eigenvalue weighted by molar-refractivity contribution is 0.103. The molecule has 0 spiro atoms. The summed E-state index contributed by atoms with van der Waals surface area (Å²) >= 11 is 12.1. The number of thiophene rings is 1. The Kier molecular flexibility index (Phi) is 7.09. The number of carbonyl (C=O) groups excluding carboxylic acids is 1. The number of nitrogens with one attached hydrogen (secondary N) is 3. The van der Waals surface area contributed by atoms with E-state index in [1.807, 2.05) is 6.07 Å². The molecule has 10 heteroatoms. The van der Waals surface area contributed by atoms with Gasteiger partial charge < -0.3 is 10.6 Å². The largest absolute Gasteiger partial charge is 0.329 e. The van der Waals surface area contributed by atoms with Gasteiger partial charge in [0.05, 0.1) is 20.6 Å². The summed E-state index contributed by atoms with van der Waals surface area (Å²) in [5, 5.41) is 9.61. The Balaban J connectivity index is 1.63. The summed E-state index contributed by atoms with van der Waals surface area (Å²) in [6.07, 6.45) is 0. The summed E-state index contributed by atoms with van der Waals surface area (Å²) in [6, 6.07) is 13.5. The maximum absolute atomic E-state index is 13.7. The highest BCUT2D eigenvalue weighted by atomic mass is 35.5. The van der Waals surface area contributed by atoms with Crippen LogP contribution in [0.1, 0.15) is 22.2 Å². The van der Waals surface area contributed by atoms with Crippen LogP contribution in [0.3, 0.4) is 0 Å². The Morgan fingerprint density at radius 2 is 1.90 bits per heavy atom. The standard InChI is InChI=1S/C20H15ClF2N4OS2/c1-11(26-27-20(29)25-16-6-5-13(22)10-15(16)23)12-3-2-4-14(9-12)24-19(28)17-7-8-18(21)30-17/h2-10H,1H3,(H,24,28)(H2,25,27,29)/b26-11+. The van der Waals surface area contributed by atoms with Gasteiger partial charge in [-0.2, -0.15) is 5.10 Å². The summed E-state index contributed by atoms with van der Waals surface area (Å²) in [7, 11) is 0. The molecule has 0 saturated heterocycles. The van der Waals surface area contributed by atoms with Crippen LogP contribution in [0.5, 0.6) is 0 Å². The Labute approximate surface area is 185 Å². The summed E-state index contributed by atoms with van der Waals surface area (Å²) < 4.78 is 27.2. The van der Waals surface area contributed by atoms with Crippen molar-refractivity contribution >= 4 is 63.3 Å². The van der Waals surface area contributed by atoms with E-state index in [9.17, 15) is 13.6 Å². The zero-order valence-corrected chi connectivity index (χ0v) is 17.9. The first-order valence-corrected chi connectivity index (χ1v) is 10.2. The minimum absolute atomic E-state index is 0.0279. The number of anilines is 2. The molecule has 0 aliphatic carbocycles. The predicted octanol–water partition coefficient (Wildman–Crippen LogP) is 5.64. The van der Waals surface area contributed by atoms with E-state index in [2.05, 4.69) is 21.2 Å². The van der Waals surface area contributed by atoms with E-state index in [0.29, 0.717) is 20.6 Å². The monoisotopic (exact) mass is 464 g/mol. The van der Waals surface area contributed by atoms with Crippen molar-refractivity contribution in [2.24, 2.45) is 5.10 Å². The number of carbonyl (C=O) groups is 1. The highest BCUT2D eigenvalue weighted by Crippen LogP contribution is 2.22. The van der Waals surface area contributed by atoms with Crippen LogP contribution in [0.25, 0.3) is 0 Å². The fourth-order valence-corrected chi connectivity index (χ4v) is 3.49. The highest BCUT2D eigenvalue weighted by Gasteiger charge is 2.10. The minimum Gasteiger partial charge on any atom is -0.329 e. The highest BCUT2D eigenvalue weighted by molar-refractivity contribution is 7.80. The molecule has 3 N–H and O–H groups in total. The van der Waals surface area contributed by atoms with Crippen LogP contribution >= 0.6 is 35.2 Å². The molecule has 0 saturated carbocycles. The normalized spacial score (nSPS) is 11.1. The van der Waals surface area contributed by atoms with Crippen molar-refractivity contribution in [3.05, 3.63) is 81.0 Å². The zero-order valence-electron chi connectivity index (χ0n) is 15.5. The van der Waals surface area contributed by atoms with Crippen LogP contribution in [0, 0.1) is 11.6 Å². The molecule has 0 aliphatic heterocycles. The molecule has 1 aromatic heterocycles. The number of thiocarbonyl (C=S) groups is 1. The molecule has 1 heterocycles. The number of halogens is 3. The van der Waals surface area contributed by atoms with Gasteiger partial charge in [0.25, 0.3) is 5.91 Å². The topological polar surface area (TPSA) is 65.5 Å². The van der Waals surface area contributed by atoms with Crippen LogP contribution < -0.4 is 16.1 Å². The van der Waals surface area contributed by atoms with Crippen LogP contribution in [0.15, 0.2) is 59.7 Å². The molecule has 2 aromatic carbocycles. The molecule has 5 nitrogen and oxygen atoms in total. The Morgan fingerprint density at radius 1 is 1.10 bits per heavy atom. The summed E-state index contributed by atoms with van der Waals surface area (Å²) in [5.74, 6) is -1.71. The maximum atomic E-state index is 13.7. The van der Waals surface area contributed by atoms with E-state index in [1.165, 1.54) is 17.4 Å². The maximum Gasteiger partial charge on any atom is 0.265 e. The number of amides is 1. The molecule has 3 rings (SSSR count). The molecule has 0 radical (unpaired) electrons. The average Bonchev–Trinajstić information content (AvgIpc) is 3.15. The fourth-order valence-electron chi connectivity index (χ4n) is 2.39. The van der Waals surface area contributed by atoms with E-state index in [0.717, 1.165) is 17.7 Å². The van der Waals surface area contributed by atoms with Crippen molar-refractivity contribution in [2.75, 3.05) is 10.6 Å². The molecule has 1 amide bonds. The number of hydrogen-bond donors (Lipinski definition) is 3.